The van der Waals surface area contributed by atoms with Gasteiger partial charge in [0.05, 0.1) is 13.7 Å². The fourth-order valence-corrected chi connectivity index (χ4v) is 2.29. The first-order chi connectivity index (χ1) is 10.3. The number of thioether (sulfide) groups is 1. The summed E-state index contributed by atoms with van der Waals surface area (Å²) in [7, 11) is 1.60. The van der Waals surface area contributed by atoms with Gasteiger partial charge < -0.3 is 14.8 Å². The third-order valence-corrected chi connectivity index (χ3v) is 3.32. The van der Waals surface area contributed by atoms with E-state index in [-0.39, 0.29) is 6.54 Å². The molecule has 0 spiro atoms. The van der Waals surface area contributed by atoms with Crippen molar-refractivity contribution in [3.63, 3.8) is 0 Å². The van der Waals surface area contributed by atoms with E-state index in [2.05, 4.69) is 5.32 Å². The Morgan fingerprint density at radius 2 is 2.14 bits per heavy atom. The molecule has 1 aromatic carbocycles. The number of methoxy groups -OCH3 is 1. The van der Waals surface area contributed by atoms with Gasteiger partial charge >= 0.3 is 6.09 Å². The molecule has 1 aromatic rings. The third-order valence-electron chi connectivity index (χ3n) is 2.40. The molecular formula is C16H22FNO3S. The molecule has 0 aliphatic carbocycles. The first-order valence-corrected chi connectivity index (χ1v) is 7.87. The Kier molecular flexibility index (Phi) is 7.24. The maximum Gasteiger partial charge on any atom is 0.408 e. The van der Waals surface area contributed by atoms with Gasteiger partial charge in [0.2, 0.25) is 0 Å². The topological polar surface area (TPSA) is 47.6 Å². The van der Waals surface area contributed by atoms with Crippen LogP contribution in [0.4, 0.5) is 9.18 Å². The second-order valence-corrected chi connectivity index (χ2v) is 6.59. The predicted octanol–water partition coefficient (Wildman–Crippen LogP) is 4.17. The Morgan fingerprint density at radius 3 is 2.77 bits per heavy atom. The van der Waals surface area contributed by atoms with E-state index >= 15 is 0 Å². The molecule has 0 fully saturated rings. The molecule has 0 aliphatic rings. The lowest BCUT2D eigenvalue weighted by Crippen LogP contribution is -2.33. The molecule has 122 valence electrons. The zero-order chi connectivity index (χ0) is 16.6. The van der Waals surface area contributed by atoms with E-state index in [1.807, 2.05) is 24.3 Å². The van der Waals surface area contributed by atoms with Crippen molar-refractivity contribution < 1.29 is 18.7 Å². The van der Waals surface area contributed by atoms with Crippen molar-refractivity contribution in [3.05, 3.63) is 36.2 Å². The summed E-state index contributed by atoms with van der Waals surface area (Å²) in [5, 5.41) is 2.37. The maximum absolute atomic E-state index is 13.6. The SMILES string of the molecule is COc1cccc(SC/C=C(/F)CNC(=O)OC(C)(C)C)c1. The summed E-state index contributed by atoms with van der Waals surface area (Å²) in [6.07, 6.45) is 0.804. The molecule has 0 atom stereocenters. The van der Waals surface area contributed by atoms with E-state index in [4.69, 9.17) is 9.47 Å². The largest absolute Gasteiger partial charge is 0.497 e. The second kappa shape index (κ2) is 8.68. The van der Waals surface area contributed by atoms with Crippen LogP contribution in [0.1, 0.15) is 20.8 Å². The minimum atomic E-state index is -0.628. The van der Waals surface area contributed by atoms with Gasteiger partial charge in [-0.2, -0.15) is 0 Å². The summed E-state index contributed by atoms with van der Waals surface area (Å²) >= 11 is 1.48. The lowest BCUT2D eigenvalue weighted by molar-refractivity contribution is 0.0530. The molecule has 1 rings (SSSR count). The lowest BCUT2D eigenvalue weighted by atomic mass is 10.2. The second-order valence-electron chi connectivity index (χ2n) is 5.50. The minimum absolute atomic E-state index is 0.173. The number of hydrogen-bond donors (Lipinski definition) is 1. The summed E-state index contributed by atoms with van der Waals surface area (Å²) in [6, 6.07) is 7.55. The number of amides is 1. The van der Waals surface area contributed by atoms with E-state index in [0.717, 1.165) is 10.6 Å². The number of benzene rings is 1. The highest BCUT2D eigenvalue weighted by Crippen LogP contribution is 2.23. The van der Waals surface area contributed by atoms with Crippen molar-refractivity contribution >= 4 is 17.9 Å². The molecular weight excluding hydrogens is 305 g/mol. The molecule has 0 saturated carbocycles. The van der Waals surface area contributed by atoms with Crippen molar-refractivity contribution in [2.75, 3.05) is 19.4 Å². The number of carbonyl (C=O) groups excluding carboxylic acids is 1. The van der Waals surface area contributed by atoms with Crippen LogP contribution in [0.15, 0.2) is 41.1 Å². The van der Waals surface area contributed by atoms with Gasteiger partial charge in [0, 0.05) is 10.6 Å². The number of nitrogens with one attached hydrogen (secondary N) is 1. The fourth-order valence-electron chi connectivity index (χ4n) is 1.46. The highest BCUT2D eigenvalue weighted by molar-refractivity contribution is 7.99. The average molecular weight is 327 g/mol. The van der Waals surface area contributed by atoms with Gasteiger partial charge in [0.1, 0.15) is 17.2 Å². The number of halogens is 1. The van der Waals surface area contributed by atoms with Crippen LogP contribution < -0.4 is 10.1 Å². The quantitative estimate of drug-likeness (QED) is 0.797. The molecule has 22 heavy (non-hydrogen) atoms. The van der Waals surface area contributed by atoms with E-state index in [0.29, 0.717) is 5.75 Å². The van der Waals surface area contributed by atoms with Gasteiger partial charge in [-0.1, -0.05) is 6.07 Å². The number of hydrogen-bond acceptors (Lipinski definition) is 4. The van der Waals surface area contributed by atoms with Crippen LogP contribution in [-0.4, -0.2) is 31.1 Å². The Balaban J connectivity index is 2.35. The number of alkyl carbamates (subject to hydrolysis) is 1. The van der Waals surface area contributed by atoms with Crippen molar-refractivity contribution in [2.45, 2.75) is 31.3 Å². The molecule has 4 nitrogen and oxygen atoms in total. The highest BCUT2D eigenvalue weighted by Gasteiger charge is 2.15. The van der Waals surface area contributed by atoms with Crippen molar-refractivity contribution in [2.24, 2.45) is 0 Å². The average Bonchev–Trinajstić information content (AvgIpc) is 2.43. The fraction of sp³-hybridized carbons (Fsp3) is 0.438. The van der Waals surface area contributed by atoms with Crippen LogP contribution in [0.3, 0.4) is 0 Å². The first kappa shape index (κ1) is 18.4. The monoisotopic (exact) mass is 327 g/mol. The van der Waals surface area contributed by atoms with Gasteiger partial charge in [-0.3, -0.25) is 0 Å². The van der Waals surface area contributed by atoms with Crippen LogP contribution in [0.25, 0.3) is 0 Å². The summed E-state index contributed by atoms with van der Waals surface area (Å²) in [4.78, 5) is 12.4. The van der Waals surface area contributed by atoms with E-state index < -0.39 is 17.5 Å². The molecule has 0 bridgehead atoms. The molecule has 0 aliphatic heterocycles. The van der Waals surface area contributed by atoms with Crippen LogP contribution >= 0.6 is 11.8 Å². The van der Waals surface area contributed by atoms with Gasteiger partial charge in [-0.05, 0) is 45.0 Å². The third kappa shape index (κ3) is 7.93. The maximum atomic E-state index is 13.6. The van der Waals surface area contributed by atoms with Crippen LogP contribution in [0.5, 0.6) is 5.75 Å². The lowest BCUT2D eigenvalue weighted by Gasteiger charge is -2.19. The Hall–Kier alpha value is -1.69. The van der Waals surface area contributed by atoms with Gasteiger partial charge in [0.15, 0.2) is 0 Å². The summed E-state index contributed by atoms with van der Waals surface area (Å²) in [5.41, 5.74) is -0.591. The first-order valence-electron chi connectivity index (χ1n) is 6.88. The molecule has 0 unspecified atom stereocenters. The van der Waals surface area contributed by atoms with Crippen LogP contribution in [-0.2, 0) is 4.74 Å². The van der Waals surface area contributed by atoms with Crippen molar-refractivity contribution in [1.29, 1.82) is 0 Å². The van der Waals surface area contributed by atoms with E-state index in [1.54, 1.807) is 27.9 Å². The zero-order valence-electron chi connectivity index (χ0n) is 13.3. The molecule has 0 aromatic heterocycles. The Bertz CT molecular complexity index is 526. The van der Waals surface area contributed by atoms with Gasteiger partial charge in [0.25, 0.3) is 0 Å². The van der Waals surface area contributed by atoms with Crippen molar-refractivity contribution in [1.82, 2.24) is 5.32 Å². The zero-order valence-corrected chi connectivity index (χ0v) is 14.1. The number of rotatable bonds is 6. The highest BCUT2D eigenvalue weighted by atomic mass is 32.2. The normalized spacial score (nSPS) is 12.0. The molecule has 1 N–H and O–H groups in total. The molecule has 0 heterocycles. The van der Waals surface area contributed by atoms with E-state index in [1.165, 1.54) is 17.8 Å². The van der Waals surface area contributed by atoms with E-state index in [9.17, 15) is 9.18 Å². The van der Waals surface area contributed by atoms with Crippen LogP contribution in [0.2, 0.25) is 0 Å². The Morgan fingerprint density at radius 1 is 1.41 bits per heavy atom. The van der Waals surface area contributed by atoms with Gasteiger partial charge in [-0.15, -0.1) is 11.8 Å². The van der Waals surface area contributed by atoms with Crippen LogP contribution in [0, 0.1) is 0 Å². The molecule has 6 heteroatoms. The number of ether oxygens (including phenoxy) is 2. The minimum Gasteiger partial charge on any atom is -0.497 e. The smallest absolute Gasteiger partial charge is 0.408 e. The van der Waals surface area contributed by atoms with Crippen molar-refractivity contribution in [3.8, 4) is 5.75 Å². The number of carbonyl (C=O) groups is 1. The standard InChI is InChI=1S/C16H22FNO3S/c1-16(2,3)21-15(19)18-11-12(17)8-9-22-14-7-5-6-13(10-14)20-4/h5-8,10H,9,11H2,1-4H3,(H,18,19)/b12-8+. The summed E-state index contributed by atoms with van der Waals surface area (Å²) < 4.78 is 23.7. The molecule has 1 amide bonds. The molecule has 0 saturated heterocycles. The van der Waals surface area contributed by atoms with Gasteiger partial charge in [-0.25, -0.2) is 9.18 Å². The summed E-state index contributed by atoms with van der Waals surface area (Å²) in [6.45, 7) is 5.09. The Labute approximate surface area is 135 Å². The molecule has 0 radical (unpaired) electrons. The summed E-state index contributed by atoms with van der Waals surface area (Å²) in [5.74, 6) is 0.831. The predicted molar refractivity (Wildman–Crippen MR) is 87.1 cm³/mol.